The van der Waals surface area contributed by atoms with E-state index in [2.05, 4.69) is 33.0 Å². The highest BCUT2D eigenvalue weighted by Gasteiger charge is 2.53. The fourth-order valence-electron chi connectivity index (χ4n) is 2.68. The molecule has 1 aliphatic rings. The van der Waals surface area contributed by atoms with Gasteiger partial charge in [0.25, 0.3) is 0 Å². The number of hydrogen-bond donors (Lipinski definition) is 1. The molecule has 1 fully saturated rings. The lowest BCUT2D eigenvalue weighted by molar-refractivity contribution is 0.308. The second kappa shape index (κ2) is 4.45. The van der Waals surface area contributed by atoms with Crippen molar-refractivity contribution in [3.63, 3.8) is 0 Å². The molecular weight excluding hydrogens is 158 g/mol. The second-order valence-electron chi connectivity index (χ2n) is 4.85. The Morgan fingerprint density at radius 1 is 1.38 bits per heavy atom. The van der Waals surface area contributed by atoms with Crippen LogP contribution in [0.2, 0.25) is 0 Å². The molecule has 1 heteroatoms. The van der Waals surface area contributed by atoms with E-state index in [-0.39, 0.29) is 0 Å². The van der Waals surface area contributed by atoms with E-state index in [0.717, 1.165) is 11.8 Å². The van der Waals surface area contributed by atoms with Crippen LogP contribution in [0.5, 0.6) is 0 Å². The lowest BCUT2D eigenvalue weighted by Gasteiger charge is -2.19. The van der Waals surface area contributed by atoms with Crippen LogP contribution in [-0.4, -0.2) is 13.1 Å². The third kappa shape index (κ3) is 2.25. The van der Waals surface area contributed by atoms with Gasteiger partial charge in [0.05, 0.1) is 0 Å². The summed E-state index contributed by atoms with van der Waals surface area (Å²) < 4.78 is 0. The Morgan fingerprint density at radius 3 is 2.46 bits per heavy atom. The number of nitrogens with one attached hydrogen (secondary N) is 1. The summed E-state index contributed by atoms with van der Waals surface area (Å²) in [4.78, 5) is 0. The van der Waals surface area contributed by atoms with Gasteiger partial charge in [-0.15, -0.1) is 0 Å². The zero-order valence-corrected chi connectivity index (χ0v) is 9.69. The van der Waals surface area contributed by atoms with Gasteiger partial charge in [-0.2, -0.15) is 0 Å². The lowest BCUT2D eigenvalue weighted by atomic mass is 9.87. The molecule has 1 saturated carbocycles. The first kappa shape index (κ1) is 11.0. The molecule has 2 unspecified atom stereocenters. The summed E-state index contributed by atoms with van der Waals surface area (Å²) in [6.45, 7) is 11.8. The van der Waals surface area contributed by atoms with Gasteiger partial charge in [-0.1, -0.05) is 27.7 Å². The first-order chi connectivity index (χ1) is 6.17. The van der Waals surface area contributed by atoms with Crippen molar-refractivity contribution in [1.82, 2.24) is 5.32 Å². The van der Waals surface area contributed by atoms with Crippen molar-refractivity contribution in [2.45, 2.75) is 47.0 Å². The molecule has 1 rings (SSSR count). The average Bonchev–Trinajstić information content (AvgIpc) is 2.81. The molecule has 1 N–H and O–H groups in total. The van der Waals surface area contributed by atoms with Gasteiger partial charge < -0.3 is 5.32 Å². The Hall–Kier alpha value is -0.0400. The Morgan fingerprint density at radius 2 is 2.08 bits per heavy atom. The van der Waals surface area contributed by atoms with E-state index in [9.17, 15) is 0 Å². The summed E-state index contributed by atoms with van der Waals surface area (Å²) in [6, 6.07) is 0. The summed E-state index contributed by atoms with van der Waals surface area (Å²) in [5.74, 6) is 1.83. The highest BCUT2D eigenvalue weighted by Crippen LogP contribution is 2.59. The molecule has 0 heterocycles. The van der Waals surface area contributed by atoms with Crippen molar-refractivity contribution >= 4 is 0 Å². The molecule has 0 aliphatic heterocycles. The van der Waals surface area contributed by atoms with Crippen LogP contribution in [0.15, 0.2) is 0 Å². The molecule has 2 atom stereocenters. The van der Waals surface area contributed by atoms with Crippen LogP contribution in [-0.2, 0) is 0 Å². The van der Waals surface area contributed by atoms with Crippen molar-refractivity contribution in [2.75, 3.05) is 13.1 Å². The number of rotatable bonds is 6. The smallest absolute Gasteiger partial charge is 0.00149 e. The zero-order chi connectivity index (χ0) is 9.90. The van der Waals surface area contributed by atoms with E-state index in [1.54, 1.807) is 0 Å². The van der Waals surface area contributed by atoms with Gasteiger partial charge in [0.2, 0.25) is 0 Å². The monoisotopic (exact) mass is 183 g/mol. The van der Waals surface area contributed by atoms with E-state index in [4.69, 9.17) is 0 Å². The minimum absolute atomic E-state index is 0.695. The van der Waals surface area contributed by atoms with E-state index in [1.165, 1.54) is 32.4 Å². The third-order valence-corrected chi connectivity index (χ3v) is 3.90. The second-order valence-corrected chi connectivity index (χ2v) is 4.85. The summed E-state index contributed by atoms with van der Waals surface area (Å²) >= 11 is 0. The fraction of sp³-hybridized carbons (Fsp3) is 1.00. The predicted molar refractivity (Wildman–Crippen MR) is 58.8 cm³/mol. The molecule has 0 amide bonds. The molecule has 0 spiro atoms. The van der Waals surface area contributed by atoms with Gasteiger partial charge in [0.15, 0.2) is 0 Å². The predicted octanol–water partition coefficient (Wildman–Crippen LogP) is 3.06. The summed E-state index contributed by atoms with van der Waals surface area (Å²) in [7, 11) is 0. The van der Waals surface area contributed by atoms with Gasteiger partial charge in [-0.3, -0.25) is 0 Å². The summed E-state index contributed by atoms with van der Waals surface area (Å²) in [5, 5.41) is 3.54. The molecular formula is C12H25N. The normalized spacial score (nSPS) is 32.5. The van der Waals surface area contributed by atoms with Crippen molar-refractivity contribution < 1.29 is 0 Å². The van der Waals surface area contributed by atoms with Crippen LogP contribution in [0.1, 0.15) is 47.0 Å². The Balaban J connectivity index is 2.25. The van der Waals surface area contributed by atoms with E-state index in [1.807, 2.05) is 0 Å². The Kier molecular flexibility index (Phi) is 3.78. The Labute approximate surface area is 83.3 Å². The standard InChI is InChI=1S/C12H25N/c1-5-7-13-9-11-8-12(11,6-2)10(3)4/h10-11,13H,5-9H2,1-4H3. The maximum absolute atomic E-state index is 3.54. The molecule has 0 aromatic rings. The van der Waals surface area contributed by atoms with E-state index >= 15 is 0 Å². The maximum atomic E-state index is 3.54. The quantitative estimate of drug-likeness (QED) is 0.624. The molecule has 1 nitrogen and oxygen atoms in total. The Bertz CT molecular complexity index is 153. The van der Waals surface area contributed by atoms with Gasteiger partial charge >= 0.3 is 0 Å². The van der Waals surface area contributed by atoms with Crippen LogP contribution < -0.4 is 5.32 Å². The van der Waals surface area contributed by atoms with Gasteiger partial charge in [0, 0.05) is 0 Å². The molecule has 0 saturated heterocycles. The molecule has 78 valence electrons. The van der Waals surface area contributed by atoms with Crippen LogP contribution in [0, 0.1) is 17.3 Å². The third-order valence-electron chi connectivity index (χ3n) is 3.90. The van der Waals surface area contributed by atoms with Crippen molar-refractivity contribution in [1.29, 1.82) is 0 Å². The first-order valence-corrected chi connectivity index (χ1v) is 5.88. The SMILES string of the molecule is CCCNCC1CC1(CC)C(C)C. The molecule has 1 aliphatic carbocycles. The van der Waals surface area contributed by atoms with Crippen molar-refractivity contribution in [3.8, 4) is 0 Å². The largest absolute Gasteiger partial charge is 0.316 e. The fourth-order valence-corrected chi connectivity index (χ4v) is 2.68. The summed E-state index contributed by atoms with van der Waals surface area (Å²) in [5.41, 5.74) is 0.695. The van der Waals surface area contributed by atoms with Gasteiger partial charge in [0.1, 0.15) is 0 Å². The minimum Gasteiger partial charge on any atom is -0.316 e. The topological polar surface area (TPSA) is 12.0 Å². The van der Waals surface area contributed by atoms with Gasteiger partial charge in [-0.05, 0) is 49.6 Å². The van der Waals surface area contributed by atoms with Crippen molar-refractivity contribution in [2.24, 2.45) is 17.3 Å². The van der Waals surface area contributed by atoms with E-state index in [0.29, 0.717) is 5.41 Å². The molecule has 0 aromatic heterocycles. The highest BCUT2D eigenvalue weighted by atomic mass is 14.9. The zero-order valence-electron chi connectivity index (χ0n) is 9.69. The first-order valence-electron chi connectivity index (χ1n) is 5.88. The van der Waals surface area contributed by atoms with Crippen LogP contribution >= 0.6 is 0 Å². The highest BCUT2D eigenvalue weighted by molar-refractivity contribution is 5.03. The molecule has 0 bridgehead atoms. The summed E-state index contributed by atoms with van der Waals surface area (Å²) in [6.07, 6.45) is 4.08. The van der Waals surface area contributed by atoms with Crippen molar-refractivity contribution in [3.05, 3.63) is 0 Å². The van der Waals surface area contributed by atoms with Crippen LogP contribution in [0.3, 0.4) is 0 Å². The minimum atomic E-state index is 0.695. The molecule has 13 heavy (non-hydrogen) atoms. The molecule has 0 radical (unpaired) electrons. The molecule has 0 aromatic carbocycles. The van der Waals surface area contributed by atoms with Crippen LogP contribution in [0.4, 0.5) is 0 Å². The lowest BCUT2D eigenvalue weighted by Crippen LogP contribution is -2.22. The van der Waals surface area contributed by atoms with Crippen LogP contribution in [0.25, 0.3) is 0 Å². The maximum Gasteiger partial charge on any atom is -0.00149 e. The average molecular weight is 183 g/mol. The number of hydrogen-bond acceptors (Lipinski definition) is 1. The van der Waals surface area contributed by atoms with E-state index < -0.39 is 0 Å². The van der Waals surface area contributed by atoms with Gasteiger partial charge in [-0.25, -0.2) is 0 Å².